The average molecular weight is 378 g/mol. The summed E-state index contributed by atoms with van der Waals surface area (Å²) < 4.78 is 11.3. The Labute approximate surface area is 156 Å². The molecule has 1 aliphatic rings. The van der Waals surface area contributed by atoms with E-state index >= 15 is 0 Å². The van der Waals surface area contributed by atoms with Crippen molar-refractivity contribution < 1.29 is 24.2 Å². The number of halogens is 1. The molecule has 7 heteroatoms. The molecule has 0 aliphatic carbocycles. The van der Waals surface area contributed by atoms with Crippen LogP contribution >= 0.6 is 11.6 Å². The lowest BCUT2D eigenvalue weighted by Crippen LogP contribution is -2.34. The van der Waals surface area contributed by atoms with E-state index in [2.05, 4.69) is 0 Å². The number of hydrogen-bond donors (Lipinski definition) is 1. The second-order valence-electron chi connectivity index (χ2n) is 5.99. The Bertz CT molecular complexity index is 724. The molecule has 0 unspecified atom stereocenters. The van der Waals surface area contributed by atoms with Gasteiger partial charge >= 0.3 is 0 Å². The predicted octanol–water partition coefficient (Wildman–Crippen LogP) is 2.59. The Hall–Kier alpha value is -2.12. The van der Waals surface area contributed by atoms with Gasteiger partial charge < -0.3 is 14.6 Å². The highest BCUT2D eigenvalue weighted by molar-refractivity contribution is 6.30. The summed E-state index contributed by atoms with van der Waals surface area (Å²) in [5.41, 5.74) is 0.530. The number of benzene rings is 2. The van der Waals surface area contributed by atoms with E-state index in [4.69, 9.17) is 25.9 Å². The van der Waals surface area contributed by atoms with Gasteiger partial charge in [0.05, 0.1) is 13.1 Å². The van der Waals surface area contributed by atoms with Gasteiger partial charge in [-0.25, -0.2) is 0 Å². The molecule has 1 fully saturated rings. The van der Waals surface area contributed by atoms with Gasteiger partial charge in [-0.3, -0.25) is 9.63 Å². The largest absolute Gasteiger partial charge is 0.491 e. The lowest BCUT2D eigenvalue weighted by Gasteiger charge is -2.19. The molecule has 1 saturated heterocycles. The third kappa shape index (κ3) is 5.44. The normalized spacial score (nSPS) is 18.5. The first-order valence-corrected chi connectivity index (χ1v) is 8.66. The van der Waals surface area contributed by atoms with Gasteiger partial charge in [0.1, 0.15) is 43.2 Å². The minimum absolute atomic E-state index is 0.102. The van der Waals surface area contributed by atoms with Crippen LogP contribution in [-0.2, 0) is 4.84 Å². The Morgan fingerprint density at radius 2 is 2.08 bits per heavy atom. The molecule has 1 aliphatic heterocycles. The van der Waals surface area contributed by atoms with Crippen LogP contribution in [0.5, 0.6) is 11.5 Å². The van der Waals surface area contributed by atoms with E-state index in [9.17, 15) is 9.90 Å². The maximum absolute atomic E-state index is 10.8. The zero-order chi connectivity index (χ0) is 18.4. The van der Waals surface area contributed by atoms with Crippen LogP contribution < -0.4 is 9.47 Å². The van der Waals surface area contributed by atoms with Gasteiger partial charge in [0.15, 0.2) is 0 Å². The fraction of sp³-hybridized carbons (Fsp3) is 0.316. The van der Waals surface area contributed by atoms with Crippen LogP contribution in [0.4, 0.5) is 0 Å². The van der Waals surface area contributed by atoms with Crippen LogP contribution in [0, 0.1) is 0 Å². The molecule has 0 radical (unpaired) electrons. The molecule has 138 valence electrons. The zero-order valence-corrected chi connectivity index (χ0v) is 14.8. The van der Waals surface area contributed by atoms with Gasteiger partial charge in [-0.05, 0) is 36.4 Å². The summed E-state index contributed by atoms with van der Waals surface area (Å²) >= 11 is 5.85. The minimum Gasteiger partial charge on any atom is -0.491 e. The second-order valence-corrected chi connectivity index (χ2v) is 6.43. The molecule has 3 rings (SSSR count). The molecule has 2 aromatic rings. The molecule has 2 aromatic carbocycles. The fourth-order valence-corrected chi connectivity index (χ4v) is 2.71. The third-order valence-corrected chi connectivity index (χ3v) is 4.07. The molecule has 6 nitrogen and oxygen atoms in total. The summed E-state index contributed by atoms with van der Waals surface area (Å²) in [5.74, 6) is 1.27. The second kappa shape index (κ2) is 9.00. The highest BCUT2D eigenvalue weighted by atomic mass is 35.5. The standard InChI is InChI=1S/C19H20ClNO5/c20-15-4-6-17(7-5-15)26-19-10-21(25-13-19)9-16(23)12-24-18-3-1-2-14(8-18)11-22/h1-8,11,16,19,23H,9-10,12-13H2/t16-,19+/m0/s1. The van der Waals surface area contributed by atoms with Gasteiger partial charge in [0.25, 0.3) is 0 Å². The summed E-state index contributed by atoms with van der Waals surface area (Å²) in [5, 5.41) is 12.5. The van der Waals surface area contributed by atoms with Crippen molar-refractivity contribution in [3.8, 4) is 11.5 Å². The van der Waals surface area contributed by atoms with Crippen molar-refractivity contribution in [3.63, 3.8) is 0 Å². The van der Waals surface area contributed by atoms with Crippen LogP contribution in [0.3, 0.4) is 0 Å². The zero-order valence-electron chi connectivity index (χ0n) is 14.1. The van der Waals surface area contributed by atoms with E-state index in [1.807, 2.05) is 0 Å². The van der Waals surface area contributed by atoms with E-state index < -0.39 is 6.10 Å². The molecule has 1 N–H and O–H groups in total. The molecule has 0 saturated carbocycles. The number of nitrogens with zero attached hydrogens (tertiary/aromatic N) is 1. The van der Waals surface area contributed by atoms with Gasteiger partial charge in [0, 0.05) is 10.6 Å². The number of ether oxygens (including phenoxy) is 2. The van der Waals surface area contributed by atoms with E-state index in [0.717, 1.165) is 12.0 Å². The Morgan fingerprint density at radius 1 is 1.27 bits per heavy atom. The van der Waals surface area contributed by atoms with Crippen molar-refractivity contribution in [1.82, 2.24) is 5.06 Å². The molecule has 0 bridgehead atoms. The van der Waals surface area contributed by atoms with Crippen molar-refractivity contribution in [1.29, 1.82) is 0 Å². The van der Waals surface area contributed by atoms with Crippen molar-refractivity contribution in [2.75, 3.05) is 26.3 Å². The smallest absolute Gasteiger partial charge is 0.150 e. The molecule has 1 heterocycles. The monoisotopic (exact) mass is 377 g/mol. The number of aldehydes is 1. The van der Waals surface area contributed by atoms with E-state index in [1.165, 1.54) is 0 Å². The van der Waals surface area contributed by atoms with Gasteiger partial charge in [-0.2, -0.15) is 5.06 Å². The summed E-state index contributed by atoms with van der Waals surface area (Å²) in [7, 11) is 0. The maximum atomic E-state index is 10.8. The van der Waals surface area contributed by atoms with E-state index in [0.29, 0.717) is 36.0 Å². The van der Waals surface area contributed by atoms with E-state index in [-0.39, 0.29) is 12.7 Å². The molecule has 2 atom stereocenters. The Kier molecular flexibility index (Phi) is 6.46. The molecule has 0 spiro atoms. The number of β-amino-alcohol motifs (C(OH)–C–C–N with tert-alkyl or cyclic N) is 1. The van der Waals surface area contributed by atoms with Gasteiger partial charge in [-0.15, -0.1) is 0 Å². The highest BCUT2D eigenvalue weighted by Crippen LogP contribution is 2.19. The topological polar surface area (TPSA) is 68.2 Å². The highest BCUT2D eigenvalue weighted by Gasteiger charge is 2.27. The van der Waals surface area contributed by atoms with Crippen LogP contribution in [0.1, 0.15) is 10.4 Å². The van der Waals surface area contributed by atoms with Crippen LogP contribution in [-0.4, -0.2) is 55.0 Å². The number of hydroxylamine groups is 2. The van der Waals surface area contributed by atoms with Crippen molar-refractivity contribution >= 4 is 17.9 Å². The first kappa shape index (κ1) is 18.7. The quantitative estimate of drug-likeness (QED) is 0.713. The molecule has 26 heavy (non-hydrogen) atoms. The van der Waals surface area contributed by atoms with Crippen LogP contribution in [0.2, 0.25) is 5.02 Å². The fourth-order valence-electron chi connectivity index (χ4n) is 2.58. The number of aliphatic hydroxyl groups excluding tert-OH is 1. The lowest BCUT2D eigenvalue weighted by molar-refractivity contribution is -0.131. The van der Waals surface area contributed by atoms with Gasteiger partial charge in [0.2, 0.25) is 0 Å². The van der Waals surface area contributed by atoms with Crippen molar-refractivity contribution in [3.05, 3.63) is 59.1 Å². The number of rotatable bonds is 8. The number of carbonyl (C=O) groups excluding carboxylic acids is 1. The predicted molar refractivity (Wildman–Crippen MR) is 96.7 cm³/mol. The summed E-state index contributed by atoms with van der Waals surface area (Å²) in [6.07, 6.45) is -0.0972. The minimum atomic E-state index is -0.732. The molecular weight excluding hydrogens is 358 g/mol. The van der Waals surface area contributed by atoms with Crippen molar-refractivity contribution in [2.45, 2.75) is 12.2 Å². The third-order valence-electron chi connectivity index (χ3n) is 3.82. The number of carbonyl (C=O) groups is 1. The summed E-state index contributed by atoms with van der Waals surface area (Å²) in [4.78, 5) is 16.3. The number of hydrogen-bond acceptors (Lipinski definition) is 6. The first-order valence-electron chi connectivity index (χ1n) is 8.28. The number of aliphatic hydroxyl groups is 1. The first-order chi connectivity index (χ1) is 12.6. The Morgan fingerprint density at radius 3 is 2.85 bits per heavy atom. The molecule has 0 amide bonds. The maximum Gasteiger partial charge on any atom is 0.150 e. The van der Waals surface area contributed by atoms with E-state index in [1.54, 1.807) is 53.6 Å². The summed E-state index contributed by atoms with van der Waals surface area (Å²) in [6, 6.07) is 13.9. The molecule has 0 aromatic heterocycles. The van der Waals surface area contributed by atoms with Gasteiger partial charge in [-0.1, -0.05) is 23.7 Å². The van der Waals surface area contributed by atoms with Crippen LogP contribution in [0.15, 0.2) is 48.5 Å². The SMILES string of the molecule is O=Cc1cccc(OC[C@@H](O)CN2C[C@@H](Oc3ccc(Cl)cc3)CO2)c1. The summed E-state index contributed by atoms with van der Waals surface area (Å²) in [6.45, 7) is 1.36. The molecular formula is C19H20ClNO5. The average Bonchev–Trinajstić information content (AvgIpc) is 3.09. The van der Waals surface area contributed by atoms with Crippen LogP contribution in [0.25, 0.3) is 0 Å². The lowest BCUT2D eigenvalue weighted by atomic mass is 10.2. The van der Waals surface area contributed by atoms with Crippen molar-refractivity contribution in [2.24, 2.45) is 0 Å². The Balaban J connectivity index is 1.41.